The highest BCUT2D eigenvalue weighted by Gasteiger charge is 2.09. The number of aromatic nitrogens is 3. The molecule has 0 radical (unpaired) electrons. The fourth-order valence-corrected chi connectivity index (χ4v) is 3.80. The first-order valence-corrected chi connectivity index (χ1v) is 10.9. The molecule has 162 valence electrons. The van der Waals surface area contributed by atoms with Crippen LogP contribution in [0.4, 0.5) is 0 Å². The van der Waals surface area contributed by atoms with Gasteiger partial charge in [-0.15, -0.1) is 45.5 Å². The lowest BCUT2D eigenvalue weighted by atomic mass is 10.3. The van der Waals surface area contributed by atoms with Crippen LogP contribution in [-0.2, 0) is 24.1 Å². The van der Waals surface area contributed by atoms with E-state index in [-0.39, 0.29) is 24.0 Å². The lowest BCUT2D eigenvalue weighted by molar-refractivity contribution is 0.0394. The van der Waals surface area contributed by atoms with E-state index >= 15 is 0 Å². The third kappa shape index (κ3) is 8.57. The predicted molar refractivity (Wildman–Crippen MR) is 128 cm³/mol. The quantitative estimate of drug-likeness (QED) is 0.275. The van der Waals surface area contributed by atoms with Crippen LogP contribution < -0.4 is 10.6 Å². The SMILES string of the molecule is CCc1nncn1CCNC(=NCCN1CCOCC1)NCCc1cccs1.I. The second-order valence-corrected chi connectivity index (χ2v) is 7.69. The molecule has 0 saturated carbocycles. The van der Waals surface area contributed by atoms with Crippen molar-refractivity contribution in [2.24, 2.45) is 4.99 Å². The van der Waals surface area contributed by atoms with Gasteiger partial charge in [-0.1, -0.05) is 13.0 Å². The number of aryl methyl sites for hydroxylation is 1. The van der Waals surface area contributed by atoms with Gasteiger partial charge in [-0.05, 0) is 17.9 Å². The predicted octanol–water partition coefficient (Wildman–Crippen LogP) is 1.63. The molecule has 0 atom stereocenters. The molecule has 1 fully saturated rings. The van der Waals surface area contributed by atoms with Gasteiger partial charge in [0.1, 0.15) is 12.2 Å². The van der Waals surface area contributed by atoms with Crippen molar-refractivity contribution in [1.29, 1.82) is 0 Å². The minimum Gasteiger partial charge on any atom is -0.379 e. The van der Waals surface area contributed by atoms with Crippen LogP contribution in [0.2, 0.25) is 0 Å². The number of guanidine groups is 1. The van der Waals surface area contributed by atoms with Gasteiger partial charge < -0.3 is 19.9 Å². The van der Waals surface area contributed by atoms with Gasteiger partial charge >= 0.3 is 0 Å². The molecule has 0 bridgehead atoms. The van der Waals surface area contributed by atoms with Gasteiger partial charge in [0, 0.05) is 50.6 Å². The van der Waals surface area contributed by atoms with Gasteiger partial charge in [0.05, 0.1) is 19.8 Å². The number of ether oxygens (including phenoxy) is 1. The van der Waals surface area contributed by atoms with Gasteiger partial charge in [0.2, 0.25) is 0 Å². The number of aliphatic imine (C=N–C) groups is 1. The molecule has 0 aliphatic carbocycles. The van der Waals surface area contributed by atoms with Crippen LogP contribution in [0.25, 0.3) is 0 Å². The highest BCUT2D eigenvalue weighted by Crippen LogP contribution is 2.08. The lowest BCUT2D eigenvalue weighted by Gasteiger charge is -2.25. The topological polar surface area (TPSA) is 79.6 Å². The van der Waals surface area contributed by atoms with E-state index in [1.807, 2.05) is 0 Å². The Hall–Kier alpha value is -1.24. The van der Waals surface area contributed by atoms with Crippen LogP contribution in [0.5, 0.6) is 0 Å². The Balaban J connectivity index is 0.00000300. The molecule has 1 aliphatic heterocycles. The standard InChI is InChI=1S/C19H31N7OS.HI/c1-2-18-24-23-16-26(18)10-8-22-19(20-6-5-17-4-3-15-28-17)21-7-9-25-11-13-27-14-12-25;/h3-4,15-16H,2,5-14H2,1H3,(H2,20,21,22);1H. The Morgan fingerprint density at radius 3 is 2.83 bits per heavy atom. The van der Waals surface area contributed by atoms with Crippen LogP contribution in [0.15, 0.2) is 28.8 Å². The van der Waals surface area contributed by atoms with Crippen LogP contribution >= 0.6 is 35.3 Å². The maximum absolute atomic E-state index is 5.41. The summed E-state index contributed by atoms with van der Waals surface area (Å²) in [5, 5.41) is 17.2. The Morgan fingerprint density at radius 1 is 1.24 bits per heavy atom. The van der Waals surface area contributed by atoms with Crippen molar-refractivity contribution < 1.29 is 4.74 Å². The molecule has 2 aromatic rings. The molecule has 0 aromatic carbocycles. The maximum atomic E-state index is 5.41. The number of thiophene rings is 1. The van der Waals surface area contributed by atoms with Crippen molar-refractivity contribution in [2.45, 2.75) is 26.3 Å². The van der Waals surface area contributed by atoms with Gasteiger partial charge in [0.15, 0.2) is 5.96 Å². The van der Waals surface area contributed by atoms with E-state index in [1.165, 1.54) is 4.88 Å². The van der Waals surface area contributed by atoms with E-state index in [2.05, 4.69) is 54.7 Å². The second-order valence-electron chi connectivity index (χ2n) is 6.66. The summed E-state index contributed by atoms with van der Waals surface area (Å²) in [5.74, 6) is 1.88. The summed E-state index contributed by atoms with van der Waals surface area (Å²) in [6.07, 6.45) is 3.69. The third-order valence-electron chi connectivity index (χ3n) is 4.69. The molecule has 2 aromatic heterocycles. The molecule has 10 heteroatoms. The van der Waals surface area contributed by atoms with Crippen LogP contribution in [0.3, 0.4) is 0 Å². The summed E-state index contributed by atoms with van der Waals surface area (Å²) in [5.41, 5.74) is 0. The second kappa shape index (κ2) is 13.9. The number of rotatable bonds is 10. The molecule has 8 nitrogen and oxygen atoms in total. The van der Waals surface area contributed by atoms with E-state index in [9.17, 15) is 0 Å². The minimum absolute atomic E-state index is 0. The number of nitrogens with one attached hydrogen (secondary N) is 2. The number of hydrogen-bond donors (Lipinski definition) is 2. The third-order valence-corrected chi connectivity index (χ3v) is 5.63. The molecule has 2 N–H and O–H groups in total. The Morgan fingerprint density at radius 2 is 2.07 bits per heavy atom. The van der Waals surface area contributed by atoms with Crippen molar-refractivity contribution >= 4 is 41.3 Å². The van der Waals surface area contributed by atoms with Crippen molar-refractivity contribution in [3.05, 3.63) is 34.5 Å². The molecule has 1 saturated heterocycles. The van der Waals surface area contributed by atoms with Gasteiger partial charge in [-0.2, -0.15) is 0 Å². The highest BCUT2D eigenvalue weighted by atomic mass is 127. The molecule has 3 heterocycles. The van der Waals surface area contributed by atoms with Crippen molar-refractivity contribution in [1.82, 2.24) is 30.3 Å². The van der Waals surface area contributed by atoms with Gasteiger partial charge in [-0.25, -0.2) is 0 Å². The highest BCUT2D eigenvalue weighted by molar-refractivity contribution is 14.0. The number of morpholine rings is 1. The van der Waals surface area contributed by atoms with Crippen molar-refractivity contribution in [2.75, 3.05) is 52.5 Å². The summed E-state index contributed by atoms with van der Waals surface area (Å²) in [7, 11) is 0. The number of halogens is 1. The molecule has 1 aliphatic rings. The largest absolute Gasteiger partial charge is 0.379 e. The summed E-state index contributed by atoms with van der Waals surface area (Å²) >= 11 is 1.80. The first-order chi connectivity index (χ1) is 13.8. The lowest BCUT2D eigenvalue weighted by Crippen LogP contribution is -2.41. The van der Waals surface area contributed by atoms with E-state index < -0.39 is 0 Å². The summed E-state index contributed by atoms with van der Waals surface area (Å²) in [6.45, 7) is 9.97. The normalized spacial score (nSPS) is 15.1. The smallest absolute Gasteiger partial charge is 0.191 e. The van der Waals surface area contributed by atoms with Gasteiger partial charge in [0.25, 0.3) is 0 Å². The summed E-state index contributed by atoms with van der Waals surface area (Å²) in [4.78, 5) is 8.56. The molecule has 3 rings (SSSR count). The first-order valence-electron chi connectivity index (χ1n) is 10.1. The average molecular weight is 533 g/mol. The fourth-order valence-electron chi connectivity index (χ4n) is 3.10. The van der Waals surface area contributed by atoms with E-state index in [1.54, 1.807) is 17.7 Å². The summed E-state index contributed by atoms with van der Waals surface area (Å²) in [6, 6.07) is 4.27. The van der Waals surface area contributed by atoms with E-state index in [0.717, 1.165) is 83.7 Å². The summed E-state index contributed by atoms with van der Waals surface area (Å²) < 4.78 is 7.50. The van der Waals surface area contributed by atoms with Crippen molar-refractivity contribution in [3.63, 3.8) is 0 Å². The van der Waals surface area contributed by atoms with Crippen molar-refractivity contribution in [3.8, 4) is 0 Å². The Bertz CT molecular complexity index is 701. The fraction of sp³-hybridized carbons (Fsp3) is 0.632. The minimum atomic E-state index is 0. The van der Waals surface area contributed by atoms with Crippen LogP contribution in [0, 0.1) is 0 Å². The average Bonchev–Trinajstić information content (AvgIpc) is 3.40. The number of hydrogen-bond acceptors (Lipinski definition) is 6. The Labute approximate surface area is 194 Å². The van der Waals surface area contributed by atoms with E-state index in [4.69, 9.17) is 9.73 Å². The molecular formula is C19H32IN7OS. The zero-order chi connectivity index (χ0) is 19.4. The zero-order valence-corrected chi connectivity index (χ0v) is 20.2. The van der Waals surface area contributed by atoms with E-state index in [0.29, 0.717) is 0 Å². The molecule has 29 heavy (non-hydrogen) atoms. The molecular weight excluding hydrogens is 501 g/mol. The zero-order valence-electron chi connectivity index (χ0n) is 17.0. The maximum Gasteiger partial charge on any atom is 0.191 e. The first kappa shape index (κ1) is 24.0. The van der Waals surface area contributed by atoms with Gasteiger partial charge in [-0.3, -0.25) is 9.89 Å². The van der Waals surface area contributed by atoms with Crippen LogP contribution in [0.1, 0.15) is 17.6 Å². The molecule has 0 amide bonds. The number of nitrogens with zero attached hydrogens (tertiary/aromatic N) is 5. The monoisotopic (exact) mass is 533 g/mol. The molecule has 0 spiro atoms. The Kier molecular flexibility index (Phi) is 11.5. The van der Waals surface area contributed by atoms with Crippen LogP contribution in [-0.4, -0.2) is 78.1 Å². The molecule has 0 unspecified atom stereocenters.